The molecule has 1 aromatic heterocycles. The molecule has 5 rings (SSSR count). The summed E-state index contributed by atoms with van der Waals surface area (Å²) in [6, 6.07) is 16.3. The lowest BCUT2D eigenvalue weighted by atomic mass is 10.1. The summed E-state index contributed by atoms with van der Waals surface area (Å²) in [5.41, 5.74) is 0.460. The van der Waals surface area contributed by atoms with Crippen molar-refractivity contribution in [2.24, 2.45) is 0 Å². The Balaban J connectivity index is 1.55. The Morgan fingerprint density at radius 3 is 2.09 bits per heavy atom. The molecule has 0 aliphatic carbocycles. The normalized spacial score (nSPS) is 11.4. The molecule has 0 bridgehead atoms. The number of aryl methyl sites for hydroxylation is 1. The molecular weight excluding hydrogens is 455 g/mol. The number of rotatable bonds is 3. The van der Waals surface area contributed by atoms with Crippen LogP contribution < -0.4 is 5.32 Å². The minimum Gasteiger partial charge on any atom is -0.321 e. The van der Waals surface area contributed by atoms with Crippen LogP contribution >= 0.6 is 0 Å². The van der Waals surface area contributed by atoms with Crippen LogP contribution in [0.4, 0.5) is 27.6 Å². The van der Waals surface area contributed by atoms with Crippen LogP contribution in [0.25, 0.3) is 27.5 Å². The lowest BCUT2D eigenvalue weighted by Gasteiger charge is -2.11. The highest BCUT2D eigenvalue weighted by Gasteiger charge is 2.30. The first-order valence-electron chi connectivity index (χ1n) is 9.95. The molecule has 0 unspecified atom stereocenters. The second kappa shape index (κ2) is 7.91. The zero-order valence-electron chi connectivity index (χ0n) is 17.3. The summed E-state index contributed by atoms with van der Waals surface area (Å²) in [5.74, 6) is -12.7. The fraction of sp³-hybridized carbons (Fsp3) is 0.0417. The van der Waals surface area contributed by atoms with Crippen LogP contribution in [0.5, 0.6) is 0 Å². The van der Waals surface area contributed by atoms with Crippen LogP contribution in [0.3, 0.4) is 0 Å². The summed E-state index contributed by atoms with van der Waals surface area (Å²) in [6.45, 7) is 1.59. The lowest BCUT2D eigenvalue weighted by Crippen LogP contribution is -2.19. The fourth-order valence-electron chi connectivity index (χ4n) is 3.68. The smallest absolute Gasteiger partial charge is 0.261 e. The zero-order valence-corrected chi connectivity index (χ0v) is 17.3. The van der Waals surface area contributed by atoms with Gasteiger partial charge in [0.1, 0.15) is 16.6 Å². The molecule has 0 saturated heterocycles. The minimum atomic E-state index is -2.34. The van der Waals surface area contributed by atoms with Gasteiger partial charge in [-0.25, -0.2) is 22.0 Å². The molecule has 0 fully saturated rings. The van der Waals surface area contributed by atoms with Crippen LogP contribution in [-0.2, 0) is 0 Å². The Kier molecular flexibility index (Phi) is 5.00. The lowest BCUT2D eigenvalue weighted by molar-refractivity contribution is 0.101. The van der Waals surface area contributed by atoms with Gasteiger partial charge < -0.3 is 5.32 Å². The van der Waals surface area contributed by atoms with Gasteiger partial charge in [-0.05, 0) is 36.1 Å². The van der Waals surface area contributed by atoms with Gasteiger partial charge in [0.05, 0.1) is 5.69 Å². The first kappa shape index (κ1) is 21.5. The van der Waals surface area contributed by atoms with E-state index in [1.807, 2.05) is 42.5 Å². The number of carbonyl (C=O) groups is 1. The van der Waals surface area contributed by atoms with Crippen molar-refractivity contribution < 1.29 is 26.7 Å². The van der Waals surface area contributed by atoms with Gasteiger partial charge in [0.15, 0.2) is 23.3 Å². The van der Waals surface area contributed by atoms with Gasteiger partial charge in [0.25, 0.3) is 5.91 Å². The molecule has 0 radical (unpaired) electrons. The van der Waals surface area contributed by atoms with Gasteiger partial charge in [-0.2, -0.15) is 0 Å². The standard InChI is InChI=1S/C24H13F5N4O/c1-11-9-15-16(32-33(31-15)17-8-4-6-12-5-2-3-7-13(12)17)10-14(11)30-24(34)18-19(25)21(27)23(29)22(28)20(18)26/h2-10H,1H3,(H,30,34). The monoisotopic (exact) mass is 468 g/mol. The van der Waals surface area contributed by atoms with E-state index >= 15 is 0 Å². The molecule has 170 valence electrons. The van der Waals surface area contributed by atoms with Crippen LogP contribution in [0, 0.1) is 36.0 Å². The van der Waals surface area contributed by atoms with Crippen molar-refractivity contribution in [3.63, 3.8) is 0 Å². The fourth-order valence-corrected chi connectivity index (χ4v) is 3.68. The van der Waals surface area contributed by atoms with E-state index in [0.717, 1.165) is 10.8 Å². The van der Waals surface area contributed by atoms with E-state index in [-0.39, 0.29) is 5.69 Å². The highest BCUT2D eigenvalue weighted by atomic mass is 19.2. The van der Waals surface area contributed by atoms with E-state index < -0.39 is 40.6 Å². The van der Waals surface area contributed by atoms with Gasteiger partial charge in [0.2, 0.25) is 5.82 Å². The Labute approximate surface area is 188 Å². The number of anilines is 1. The van der Waals surface area contributed by atoms with Gasteiger partial charge in [-0.1, -0.05) is 36.4 Å². The number of hydrogen-bond donors (Lipinski definition) is 1. The number of amides is 1. The number of benzene rings is 4. The maximum atomic E-state index is 14.0. The molecule has 0 saturated carbocycles. The third-order valence-electron chi connectivity index (χ3n) is 5.39. The number of fused-ring (bicyclic) bond motifs is 2. The van der Waals surface area contributed by atoms with Crippen LogP contribution in [0.2, 0.25) is 0 Å². The van der Waals surface area contributed by atoms with Crippen molar-refractivity contribution in [1.82, 2.24) is 15.0 Å². The summed E-state index contributed by atoms with van der Waals surface area (Å²) >= 11 is 0. The first-order chi connectivity index (χ1) is 16.3. The Morgan fingerprint density at radius 1 is 0.794 bits per heavy atom. The topological polar surface area (TPSA) is 59.8 Å². The molecule has 10 heteroatoms. The second-order valence-corrected chi connectivity index (χ2v) is 7.54. The molecule has 5 aromatic rings. The molecule has 34 heavy (non-hydrogen) atoms. The quantitative estimate of drug-likeness (QED) is 0.206. The average molecular weight is 468 g/mol. The van der Waals surface area contributed by atoms with Gasteiger partial charge in [-0.15, -0.1) is 15.0 Å². The number of halogens is 5. The number of nitrogens with zero attached hydrogens (tertiary/aromatic N) is 3. The van der Waals surface area contributed by atoms with Crippen LogP contribution in [0.15, 0.2) is 54.6 Å². The molecular formula is C24H13F5N4O. The molecule has 1 N–H and O–H groups in total. The number of hydrogen-bond acceptors (Lipinski definition) is 3. The van der Waals surface area contributed by atoms with Gasteiger partial charge in [-0.3, -0.25) is 4.79 Å². The van der Waals surface area contributed by atoms with Crippen molar-refractivity contribution in [3.05, 3.63) is 94.8 Å². The van der Waals surface area contributed by atoms with Crippen molar-refractivity contribution in [3.8, 4) is 5.69 Å². The van der Waals surface area contributed by atoms with Crippen LogP contribution in [-0.4, -0.2) is 20.9 Å². The highest BCUT2D eigenvalue weighted by molar-refractivity contribution is 6.06. The maximum absolute atomic E-state index is 14.0. The summed E-state index contributed by atoms with van der Waals surface area (Å²) in [7, 11) is 0. The van der Waals surface area contributed by atoms with Crippen molar-refractivity contribution >= 4 is 33.4 Å². The van der Waals surface area contributed by atoms with E-state index in [9.17, 15) is 26.7 Å². The first-order valence-corrected chi connectivity index (χ1v) is 9.95. The predicted molar refractivity (Wildman–Crippen MR) is 115 cm³/mol. The predicted octanol–water partition coefficient (Wildman–Crippen LogP) is 5.83. The summed E-state index contributed by atoms with van der Waals surface area (Å²) in [6.07, 6.45) is 0. The van der Waals surface area contributed by atoms with E-state index in [1.54, 1.807) is 13.0 Å². The number of nitrogens with one attached hydrogen (secondary N) is 1. The average Bonchev–Trinajstić information content (AvgIpc) is 3.24. The molecule has 5 nitrogen and oxygen atoms in total. The Bertz CT molecular complexity index is 1600. The number of carbonyl (C=O) groups excluding carboxylic acids is 1. The molecule has 0 aliphatic heterocycles. The van der Waals surface area contributed by atoms with E-state index in [2.05, 4.69) is 15.5 Å². The Morgan fingerprint density at radius 2 is 1.38 bits per heavy atom. The maximum Gasteiger partial charge on any atom is 0.261 e. The molecule has 0 atom stereocenters. The largest absolute Gasteiger partial charge is 0.321 e. The summed E-state index contributed by atoms with van der Waals surface area (Å²) in [5, 5.41) is 13.0. The zero-order chi connectivity index (χ0) is 24.1. The van der Waals surface area contributed by atoms with E-state index in [1.165, 1.54) is 10.9 Å². The Hall–Kier alpha value is -4.34. The van der Waals surface area contributed by atoms with Crippen molar-refractivity contribution in [2.75, 3.05) is 5.32 Å². The third kappa shape index (κ3) is 3.35. The third-order valence-corrected chi connectivity index (χ3v) is 5.39. The minimum absolute atomic E-state index is 0.0754. The molecule has 1 amide bonds. The summed E-state index contributed by atoms with van der Waals surface area (Å²) in [4.78, 5) is 13.9. The van der Waals surface area contributed by atoms with Crippen molar-refractivity contribution in [2.45, 2.75) is 6.92 Å². The SMILES string of the molecule is Cc1cc2nn(-c3cccc4ccccc34)nc2cc1NC(=O)c1c(F)c(F)c(F)c(F)c1F. The van der Waals surface area contributed by atoms with E-state index in [0.29, 0.717) is 22.3 Å². The van der Waals surface area contributed by atoms with Gasteiger partial charge in [0, 0.05) is 11.1 Å². The second-order valence-electron chi connectivity index (χ2n) is 7.54. The molecule has 0 spiro atoms. The van der Waals surface area contributed by atoms with E-state index in [4.69, 9.17) is 0 Å². The van der Waals surface area contributed by atoms with Gasteiger partial charge >= 0.3 is 0 Å². The molecule has 4 aromatic carbocycles. The molecule has 1 heterocycles. The van der Waals surface area contributed by atoms with Crippen molar-refractivity contribution in [1.29, 1.82) is 0 Å². The highest BCUT2D eigenvalue weighted by Crippen LogP contribution is 2.27. The number of aromatic nitrogens is 3. The molecule has 0 aliphatic rings. The summed E-state index contributed by atoms with van der Waals surface area (Å²) < 4.78 is 68.3. The van der Waals surface area contributed by atoms with Crippen LogP contribution in [0.1, 0.15) is 15.9 Å².